The van der Waals surface area contributed by atoms with Crippen LogP contribution in [0.4, 0.5) is 10.5 Å². The molecule has 1 saturated heterocycles. The number of nitrogens with zero attached hydrogens (tertiary/aromatic N) is 1. The zero-order chi connectivity index (χ0) is 19.9. The molecule has 3 rings (SSSR count). The number of carbonyl (C=O) groups is 2. The van der Waals surface area contributed by atoms with Gasteiger partial charge in [-0.15, -0.1) is 0 Å². The Morgan fingerprint density at radius 3 is 2.57 bits per heavy atom. The second kappa shape index (κ2) is 9.12. The fourth-order valence-corrected chi connectivity index (χ4v) is 3.27. The third kappa shape index (κ3) is 4.73. The summed E-state index contributed by atoms with van der Waals surface area (Å²) in [6, 6.07) is 14.5. The van der Waals surface area contributed by atoms with Crippen molar-refractivity contribution in [3.63, 3.8) is 0 Å². The van der Waals surface area contributed by atoms with Crippen LogP contribution in [0.25, 0.3) is 0 Å². The van der Waals surface area contributed by atoms with Gasteiger partial charge in [-0.2, -0.15) is 0 Å². The normalized spacial score (nSPS) is 16.0. The van der Waals surface area contributed by atoms with Crippen molar-refractivity contribution >= 4 is 17.6 Å². The molecule has 148 valence electrons. The lowest BCUT2D eigenvalue weighted by atomic mass is 10.1. The minimum Gasteiger partial charge on any atom is -0.497 e. The monoisotopic (exact) mass is 383 g/mol. The SMILES string of the molecule is COc1ccc(N2C[C@H](NC(=O)NCCc3ccccc3OC)CC2=O)cc1. The summed E-state index contributed by atoms with van der Waals surface area (Å²) < 4.78 is 10.5. The number of ether oxygens (including phenoxy) is 2. The van der Waals surface area contributed by atoms with E-state index in [9.17, 15) is 9.59 Å². The van der Waals surface area contributed by atoms with Crippen LogP contribution in [0.2, 0.25) is 0 Å². The molecule has 0 aliphatic carbocycles. The van der Waals surface area contributed by atoms with Crippen LogP contribution in [0, 0.1) is 0 Å². The van der Waals surface area contributed by atoms with Gasteiger partial charge in [-0.1, -0.05) is 18.2 Å². The first-order valence-electron chi connectivity index (χ1n) is 9.21. The summed E-state index contributed by atoms with van der Waals surface area (Å²) in [5, 5.41) is 5.72. The summed E-state index contributed by atoms with van der Waals surface area (Å²) >= 11 is 0. The number of rotatable bonds is 7. The van der Waals surface area contributed by atoms with Crippen molar-refractivity contribution in [3.8, 4) is 11.5 Å². The van der Waals surface area contributed by atoms with Gasteiger partial charge < -0.3 is 25.0 Å². The Bertz CT molecular complexity index is 823. The zero-order valence-corrected chi connectivity index (χ0v) is 16.1. The average Bonchev–Trinajstić information content (AvgIpc) is 3.08. The average molecular weight is 383 g/mol. The smallest absolute Gasteiger partial charge is 0.315 e. The molecule has 0 unspecified atom stereocenters. The predicted octanol–water partition coefficient (Wildman–Crippen LogP) is 2.35. The Hall–Kier alpha value is -3.22. The summed E-state index contributed by atoms with van der Waals surface area (Å²) in [5.74, 6) is 1.53. The number of urea groups is 1. The molecule has 3 amide bonds. The van der Waals surface area contributed by atoms with Gasteiger partial charge in [0.25, 0.3) is 0 Å². The molecule has 0 bridgehead atoms. The van der Waals surface area contributed by atoms with E-state index in [1.54, 1.807) is 19.1 Å². The second-order valence-electron chi connectivity index (χ2n) is 6.57. The van der Waals surface area contributed by atoms with Crippen LogP contribution in [0.15, 0.2) is 48.5 Å². The van der Waals surface area contributed by atoms with Crippen molar-refractivity contribution in [2.75, 3.05) is 32.2 Å². The first-order valence-corrected chi connectivity index (χ1v) is 9.21. The van der Waals surface area contributed by atoms with E-state index in [1.165, 1.54) is 0 Å². The standard InChI is InChI=1S/C21H25N3O4/c1-27-18-9-7-17(8-10-18)24-14-16(13-20(24)25)23-21(26)22-12-11-15-5-3-4-6-19(15)28-2/h3-10,16H,11-14H2,1-2H3,(H2,22,23,26)/t16-/m1/s1. The summed E-state index contributed by atoms with van der Waals surface area (Å²) in [7, 11) is 3.23. The number of benzene rings is 2. The lowest BCUT2D eigenvalue weighted by molar-refractivity contribution is -0.117. The molecule has 1 fully saturated rings. The van der Waals surface area contributed by atoms with E-state index in [2.05, 4.69) is 10.6 Å². The minimum absolute atomic E-state index is 0.00973. The Kier molecular flexibility index (Phi) is 6.37. The van der Waals surface area contributed by atoms with Crippen molar-refractivity contribution in [3.05, 3.63) is 54.1 Å². The maximum absolute atomic E-state index is 12.3. The van der Waals surface area contributed by atoms with E-state index >= 15 is 0 Å². The number of hydrogen-bond acceptors (Lipinski definition) is 4. The van der Waals surface area contributed by atoms with Crippen LogP contribution < -0.4 is 25.0 Å². The van der Waals surface area contributed by atoms with E-state index in [0.717, 1.165) is 22.7 Å². The van der Waals surface area contributed by atoms with E-state index in [0.29, 0.717) is 19.5 Å². The molecule has 28 heavy (non-hydrogen) atoms. The molecule has 1 heterocycles. The Morgan fingerprint density at radius 2 is 1.86 bits per heavy atom. The molecule has 2 aromatic carbocycles. The largest absolute Gasteiger partial charge is 0.497 e. The zero-order valence-electron chi connectivity index (χ0n) is 16.1. The van der Waals surface area contributed by atoms with Gasteiger partial charge in [0.2, 0.25) is 5.91 Å². The molecule has 7 nitrogen and oxygen atoms in total. The minimum atomic E-state index is -0.274. The maximum atomic E-state index is 12.3. The van der Waals surface area contributed by atoms with Crippen molar-refractivity contribution in [2.45, 2.75) is 18.9 Å². The maximum Gasteiger partial charge on any atom is 0.315 e. The third-order valence-corrected chi connectivity index (χ3v) is 4.72. The van der Waals surface area contributed by atoms with Crippen LogP contribution in [0.5, 0.6) is 11.5 Å². The Labute approximate surface area is 164 Å². The van der Waals surface area contributed by atoms with Crippen molar-refractivity contribution in [1.29, 1.82) is 0 Å². The molecule has 2 N–H and O–H groups in total. The van der Waals surface area contributed by atoms with Crippen LogP contribution in [0.1, 0.15) is 12.0 Å². The Balaban J connectivity index is 1.47. The molecule has 2 aromatic rings. The van der Waals surface area contributed by atoms with Crippen LogP contribution in [0.3, 0.4) is 0 Å². The summed E-state index contributed by atoms with van der Waals surface area (Å²) in [4.78, 5) is 26.2. The first kappa shape index (κ1) is 19.5. The molecule has 0 saturated carbocycles. The van der Waals surface area contributed by atoms with Gasteiger partial charge in [-0.25, -0.2) is 4.79 Å². The fourth-order valence-electron chi connectivity index (χ4n) is 3.27. The van der Waals surface area contributed by atoms with Crippen LogP contribution in [-0.4, -0.2) is 45.3 Å². The van der Waals surface area contributed by atoms with Gasteiger partial charge >= 0.3 is 6.03 Å². The lowest BCUT2D eigenvalue weighted by Crippen LogP contribution is -2.43. The van der Waals surface area contributed by atoms with E-state index < -0.39 is 0 Å². The lowest BCUT2D eigenvalue weighted by Gasteiger charge is -2.18. The molecule has 0 spiro atoms. The van der Waals surface area contributed by atoms with Crippen molar-refractivity contribution < 1.29 is 19.1 Å². The summed E-state index contributed by atoms with van der Waals surface area (Å²) in [5.41, 5.74) is 1.83. The van der Waals surface area contributed by atoms with Crippen molar-refractivity contribution in [2.24, 2.45) is 0 Å². The van der Waals surface area contributed by atoms with E-state index in [1.807, 2.05) is 48.5 Å². The van der Waals surface area contributed by atoms with Gasteiger partial charge in [0.1, 0.15) is 11.5 Å². The topological polar surface area (TPSA) is 79.9 Å². The highest BCUT2D eigenvalue weighted by Gasteiger charge is 2.31. The van der Waals surface area contributed by atoms with Gasteiger partial charge in [0.15, 0.2) is 0 Å². The van der Waals surface area contributed by atoms with Gasteiger partial charge in [-0.3, -0.25) is 4.79 Å². The van der Waals surface area contributed by atoms with Gasteiger partial charge in [-0.05, 0) is 42.3 Å². The molecule has 0 aromatic heterocycles. The quantitative estimate of drug-likeness (QED) is 0.769. The van der Waals surface area contributed by atoms with Crippen molar-refractivity contribution in [1.82, 2.24) is 10.6 Å². The molecule has 1 atom stereocenters. The second-order valence-corrected chi connectivity index (χ2v) is 6.57. The fraction of sp³-hybridized carbons (Fsp3) is 0.333. The summed E-state index contributed by atoms with van der Waals surface area (Å²) in [6.45, 7) is 0.931. The highest BCUT2D eigenvalue weighted by molar-refractivity contribution is 5.96. The molecular weight excluding hydrogens is 358 g/mol. The number of amides is 3. The predicted molar refractivity (Wildman–Crippen MR) is 107 cm³/mol. The molecule has 7 heteroatoms. The molecule has 1 aliphatic rings. The number of hydrogen-bond donors (Lipinski definition) is 2. The number of methoxy groups -OCH3 is 2. The third-order valence-electron chi connectivity index (χ3n) is 4.72. The van der Waals surface area contributed by atoms with Crippen LogP contribution in [-0.2, 0) is 11.2 Å². The number of anilines is 1. The van der Waals surface area contributed by atoms with E-state index in [-0.39, 0.29) is 24.4 Å². The molecular formula is C21H25N3O4. The molecule has 0 radical (unpaired) electrons. The highest BCUT2D eigenvalue weighted by Crippen LogP contribution is 2.24. The van der Waals surface area contributed by atoms with Gasteiger partial charge in [0.05, 0.1) is 20.3 Å². The molecule has 1 aliphatic heterocycles. The first-order chi connectivity index (χ1) is 13.6. The number of carbonyl (C=O) groups excluding carboxylic acids is 2. The van der Waals surface area contributed by atoms with Crippen LogP contribution >= 0.6 is 0 Å². The van der Waals surface area contributed by atoms with E-state index in [4.69, 9.17) is 9.47 Å². The number of para-hydroxylation sites is 1. The summed E-state index contributed by atoms with van der Waals surface area (Å²) in [6.07, 6.45) is 0.949. The highest BCUT2D eigenvalue weighted by atomic mass is 16.5. The van der Waals surface area contributed by atoms with Gasteiger partial charge in [0, 0.05) is 25.2 Å². The Morgan fingerprint density at radius 1 is 1.11 bits per heavy atom. The number of nitrogens with one attached hydrogen (secondary N) is 2.